The molecule has 3 rings (SSSR count). The van der Waals surface area contributed by atoms with Crippen LogP contribution in [0.3, 0.4) is 0 Å². The molecule has 20 heavy (non-hydrogen) atoms. The lowest BCUT2D eigenvalue weighted by Crippen LogP contribution is -2.07. The van der Waals surface area contributed by atoms with E-state index in [1.807, 2.05) is 35.8 Å². The van der Waals surface area contributed by atoms with Crippen LogP contribution in [0.2, 0.25) is 0 Å². The minimum Gasteiger partial charge on any atom is -0.370 e. The number of hydrogen-bond acceptors (Lipinski definition) is 5. The summed E-state index contributed by atoms with van der Waals surface area (Å²) >= 11 is 1.64. The molecule has 0 amide bonds. The topological polar surface area (TPSA) is 50.7 Å². The number of nitrogens with zero attached hydrogens (tertiary/aromatic N) is 3. The van der Waals surface area contributed by atoms with Crippen molar-refractivity contribution in [2.24, 2.45) is 0 Å². The van der Waals surface area contributed by atoms with Gasteiger partial charge in [-0.3, -0.25) is 4.98 Å². The summed E-state index contributed by atoms with van der Waals surface area (Å²) in [5, 5.41) is 5.35. The van der Waals surface area contributed by atoms with E-state index in [-0.39, 0.29) is 0 Å². The van der Waals surface area contributed by atoms with Gasteiger partial charge in [-0.05, 0) is 35.6 Å². The second kappa shape index (κ2) is 6.25. The first kappa shape index (κ1) is 12.7. The van der Waals surface area contributed by atoms with Gasteiger partial charge in [0.05, 0.1) is 4.88 Å². The molecular formula is C15H14N4S. The van der Waals surface area contributed by atoms with Crippen molar-refractivity contribution in [3.8, 4) is 10.7 Å². The molecule has 0 aliphatic carbocycles. The Labute approximate surface area is 121 Å². The van der Waals surface area contributed by atoms with E-state index in [1.165, 1.54) is 5.56 Å². The van der Waals surface area contributed by atoms with Gasteiger partial charge in [0.1, 0.15) is 5.82 Å². The highest BCUT2D eigenvalue weighted by Crippen LogP contribution is 2.21. The Morgan fingerprint density at radius 2 is 2.10 bits per heavy atom. The molecule has 100 valence electrons. The summed E-state index contributed by atoms with van der Waals surface area (Å²) in [6, 6.07) is 9.95. The van der Waals surface area contributed by atoms with E-state index in [0.29, 0.717) is 0 Å². The van der Waals surface area contributed by atoms with Crippen molar-refractivity contribution in [3.63, 3.8) is 0 Å². The number of nitrogens with one attached hydrogen (secondary N) is 1. The molecular weight excluding hydrogens is 268 g/mol. The van der Waals surface area contributed by atoms with E-state index < -0.39 is 0 Å². The molecule has 0 aliphatic rings. The quantitative estimate of drug-likeness (QED) is 0.780. The Morgan fingerprint density at radius 1 is 1.10 bits per heavy atom. The Kier molecular flexibility index (Phi) is 3.99. The molecule has 0 unspecified atom stereocenters. The molecule has 3 aromatic rings. The van der Waals surface area contributed by atoms with E-state index in [2.05, 4.69) is 26.3 Å². The summed E-state index contributed by atoms with van der Waals surface area (Å²) in [7, 11) is 0. The minimum atomic E-state index is 0.770. The zero-order valence-electron chi connectivity index (χ0n) is 10.9. The molecule has 3 aromatic heterocycles. The van der Waals surface area contributed by atoms with Gasteiger partial charge in [-0.2, -0.15) is 0 Å². The first-order valence-electron chi connectivity index (χ1n) is 6.41. The maximum Gasteiger partial charge on any atom is 0.171 e. The van der Waals surface area contributed by atoms with Crippen LogP contribution in [0, 0.1) is 0 Å². The lowest BCUT2D eigenvalue weighted by atomic mass is 10.2. The highest BCUT2D eigenvalue weighted by Gasteiger charge is 2.03. The van der Waals surface area contributed by atoms with Gasteiger partial charge < -0.3 is 5.32 Å². The number of aromatic nitrogens is 3. The molecule has 0 aromatic carbocycles. The summed E-state index contributed by atoms with van der Waals surface area (Å²) < 4.78 is 0. The van der Waals surface area contributed by atoms with Crippen molar-refractivity contribution in [3.05, 3.63) is 59.9 Å². The van der Waals surface area contributed by atoms with Crippen LogP contribution in [-0.2, 0) is 6.42 Å². The summed E-state index contributed by atoms with van der Waals surface area (Å²) in [6.45, 7) is 0.826. The zero-order valence-corrected chi connectivity index (χ0v) is 11.7. The van der Waals surface area contributed by atoms with Crippen LogP contribution >= 0.6 is 11.3 Å². The first-order chi connectivity index (χ1) is 9.92. The van der Waals surface area contributed by atoms with Crippen LogP contribution in [0.1, 0.15) is 5.56 Å². The van der Waals surface area contributed by atoms with Gasteiger partial charge in [0.2, 0.25) is 0 Å². The molecule has 0 bridgehead atoms. The average molecular weight is 282 g/mol. The lowest BCUT2D eigenvalue weighted by Gasteiger charge is -2.06. The molecule has 0 spiro atoms. The number of rotatable bonds is 5. The van der Waals surface area contributed by atoms with Gasteiger partial charge in [0.25, 0.3) is 0 Å². The minimum absolute atomic E-state index is 0.770. The van der Waals surface area contributed by atoms with Gasteiger partial charge in [-0.25, -0.2) is 9.97 Å². The van der Waals surface area contributed by atoms with Crippen LogP contribution in [0.5, 0.6) is 0 Å². The largest absolute Gasteiger partial charge is 0.370 e. The number of anilines is 1. The molecule has 0 atom stereocenters. The van der Waals surface area contributed by atoms with Gasteiger partial charge in [-0.15, -0.1) is 11.3 Å². The third-order valence-electron chi connectivity index (χ3n) is 2.84. The highest BCUT2D eigenvalue weighted by molar-refractivity contribution is 7.13. The van der Waals surface area contributed by atoms with Crippen LogP contribution in [0.15, 0.2) is 54.3 Å². The predicted molar refractivity (Wildman–Crippen MR) is 81.8 cm³/mol. The van der Waals surface area contributed by atoms with Crippen molar-refractivity contribution in [2.75, 3.05) is 11.9 Å². The molecule has 3 heterocycles. The molecule has 0 saturated carbocycles. The average Bonchev–Trinajstić information content (AvgIpc) is 3.03. The predicted octanol–water partition coefficient (Wildman–Crippen LogP) is 3.25. The molecule has 0 radical (unpaired) electrons. The summed E-state index contributed by atoms with van der Waals surface area (Å²) in [5.41, 5.74) is 1.22. The number of hydrogen-bond donors (Lipinski definition) is 1. The maximum absolute atomic E-state index is 4.52. The number of pyridine rings is 1. The summed E-state index contributed by atoms with van der Waals surface area (Å²) in [5.74, 6) is 1.62. The van der Waals surface area contributed by atoms with Crippen molar-refractivity contribution in [2.45, 2.75) is 6.42 Å². The molecule has 0 aliphatic heterocycles. The fourth-order valence-electron chi connectivity index (χ4n) is 1.86. The third kappa shape index (κ3) is 3.19. The van der Waals surface area contributed by atoms with Crippen molar-refractivity contribution >= 4 is 17.2 Å². The van der Waals surface area contributed by atoms with Crippen LogP contribution in [0.25, 0.3) is 10.7 Å². The normalized spacial score (nSPS) is 10.4. The number of thiophene rings is 1. The lowest BCUT2D eigenvalue weighted by molar-refractivity contribution is 0.990. The van der Waals surface area contributed by atoms with Gasteiger partial charge >= 0.3 is 0 Å². The Bertz CT molecular complexity index is 653. The summed E-state index contributed by atoms with van der Waals surface area (Å²) in [6.07, 6.45) is 6.38. The van der Waals surface area contributed by atoms with Crippen LogP contribution < -0.4 is 5.32 Å². The van der Waals surface area contributed by atoms with Crippen LogP contribution in [-0.4, -0.2) is 21.5 Å². The second-order valence-corrected chi connectivity index (χ2v) is 5.23. The van der Waals surface area contributed by atoms with Crippen molar-refractivity contribution in [1.29, 1.82) is 0 Å². The maximum atomic E-state index is 4.52. The highest BCUT2D eigenvalue weighted by atomic mass is 32.1. The molecule has 1 N–H and O–H groups in total. The van der Waals surface area contributed by atoms with E-state index in [0.717, 1.165) is 29.5 Å². The Morgan fingerprint density at radius 3 is 2.90 bits per heavy atom. The Balaban J connectivity index is 1.62. The molecule has 5 heteroatoms. The first-order valence-corrected chi connectivity index (χ1v) is 7.29. The second-order valence-electron chi connectivity index (χ2n) is 4.28. The SMILES string of the molecule is c1cncc(CCNc2ccnc(-c3cccs3)n2)c1. The third-order valence-corrected chi connectivity index (χ3v) is 3.71. The van der Waals surface area contributed by atoms with Crippen molar-refractivity contribution in [1.82, 2.24) is 15.0 Å². The van der Waals surface area contributed by atoms with E-state index in [4.69, 9.17) is 0 Å². The molecule has 4 nitrogen and oxygen atoms in total. The molecule has 0 saturated heterocycles. The smallest absolute Gasteiger partial charge is 0.171 e. The van der Waals surface area contributed by atoms with E-state index >= 15 is 0 Å². The van der Waals surface area contributed by atoms with Crippen molar-refractivity contribution < 1.29 is 0 Å². The van der Waals surface area contributed by atoms with Crippen LogP contribution in [0.4, 0.5) is 5.82 Å². The molecule has 0 fully saturated rings. The zero-order chi connectivity index (χ0) is 13.6. The summed E-state index contributed by atoms with van der Waals surface area (Å²) in [4.78, 5) is 14.0. The fourth-order valence-corrected chi connectivity index (χ4v) is 2.53. The Hall–Kier alpha value is -2.27. The monoisotopic (exact) mass is 282 g/mol. The van der Waals surface area contributed by atoms with Gasteiger partial charge in [-0.1, -0.05) is 12.1 Å². The standard InChI is InChI=1S/C15H14N4S/c1-3-12(11-16-7-1)5-8-17-14-6-9-18-15(19-14)13-4-2-10-20-13/h1-4,6-7,9-11H,5,8H2,(H,17,18,19). The van der Waals surface area contributed by atoms with Gasteiger partial charge in [0, 0.05) is 25.1 Å². The van der Waals surface area contributed by atoms with Gasteiger partial charge in [0.15, 0.2) is 5.82 Å². The van der Waals surface area contributed by atoms with E-state index in [9.17, 15) is 0 Å². The fraction of sp³-hybridized carbons (Fsp3) is 0.133. The van der Waals surface area contributed by atoms with E-state index in [1.54, 1.807) is 23.7 Å².